The number of pyridine rings is 1. The van der Waals surface area contributed by atoms with E-state index in [1.165, 1.54) is 0 Å². The van der Waals surface area contributed by atoms with Crippen molar-refractivity contribution in [1.82, 2.24) is 10.4 Å². The molecule has 0 aliphatic heterocycles. The minimum Gasteiger partial charge on any atom is -0.494 e. The number of aliphatic imine (C=N–C) groups is 1. The van der Waals surface area contributed by atoms with E-state index in [-0.39, 0.29) is 0 Å². The molecule has 0 bridgehead atoms. The summed E-state index contributed by atoms with van der Waals surface area (Å²) in [6.45, 7) is 4.83. The maximum atomic E-state index is 5.84. The Morgan fingerprint density at radius 3 is 2.47 bits per heavy atom. The van der Waals surface area contributed by atoms with Crippen LogP contribution < -0.4 is 19.6 Å². The van der Waals surface area contributed by atoms with Crippen LogP contribution in [0.5, 0.6) is 17.2 Å². The lowest BCUT2D eigenvalue weighted by atomic mass is 10.2. The van der Waals surface area contributed by atoms with Gasteiger partial charge in [0.25, 0.3) is 0 Å². The molecule has 7 nitrogen and oxygen atoms in total. The maximum absolute atomic E-state index is 5.84. The monoisotopic (exact) mass is 482 g/mol. The van der Waals surface area contributed by atoms with Gasteiger partial charge in [0, 0.05) is 5.39 Å². The van der Waals surface area contributed by atoms with Crippen molar-refractivity contribution < 1.29 is 14.2 Å². The van der Waals surface area contributed by atoms with Gasteiger partial charge in [-0.2, -0.15) is 5.10 Å². The summed E-state index contributed by atoms with van der Waals surface area (Å²) in [4.78, 5) is 9.57. The highest BCUT2D eigenvalue weighted by Crippen LogP contribution is 2.28. The standard InChI is InChI=1S/C29H30N4O3/c1-20(2)19-36-27-16-13-21(17-28(27)35-4)18-30-33-29(32-24-11-7-8-12-26(24)34-3)25-15-14-22-9-5-6-10-23(22)31-25/h5-18,20H,19H2,1-4H3,(H,32,33)/b30-18+. The summed E-state index contributed by atoms with van der Waals surface area (Å²) in [6, 6.07) is 25.1. The van der Waals surface area contributed by atoms with Crippen molar-refractivity contribution >= 4 is 28.6 Å². The number of benzene rings is 3. The van der Waals surface area contributed by atoms with Crippen molar-refractivity contribution in [2.75, 3.05) is 20.8 Å². The van der Waals surface area contributed by atoms with Crippen LogP contribution in [0, 0.1) is 5.92 Å². The van der Waals surface area contributed by atoms with Crippen LogP contribution in [0.25, 0.3) is 10.9 Å². The van der Waals surface area contributed by atoms with Crippen molar-refractivity contribution in [3.8, 4) is 17.2 Å². The first-order chi connectivity index (χ1) is 17.6. The molecule has 0 aliphatic carbocycles. The number of hydrazone groups is 1. The lowest BCUT2D eigenvalue weighted by Gasteiger charge is -2.12. The number of para-hydroxylation sites is 3. The molecule has 0 atom stereocenters. The van der Waals surface area contributed by atoms with Crippen LogP contribution in [0.15, 0.2) is 89.0 Å². The Kier molecular flexibility index (Phi) is 8.13. The minimum absolute atomic E-state index is 0.421. The van der Waals surface area contributed by atoms with Crippen molar-refractivity contribution in [2.24, 2.45) is 16.0 Å². The summed E-state index contributed by atoms with van der Waals surface area (Å²) in [5.41, 5.74) is 6.11. The van der Waals surface area contributed by atoms with Gasteiger partial charge in [-0.05, 0) is 53.9 Å². The fraction of sp³-hybridized carbons (Fsp3) is 0.207. The molecular formula is C29H30N4O3. The SMILES string of the molecule is COc1ccccc1N=C(N/N=C/c1ccc(OCC(C)C)c(OC)c1)c1ccc2ccccc2n1. The zero-order valence-corrected chi connectivity index (χ0v) is 20.9. The first-order valence-electron chi connectivity index (χ1n) is 11.7. The summed E-state index contributed by atoms with van der Waals surface area (Å²) >= 11 is 0. The molecule has 4 rings (SSSR count). The maximum Gasteiger partial charge on any atom is 0.173 e. The Hall–Kier alpha value is -4.39. The molecule has 0 radical (unpaired) electrons. The van der Waals surface area contributed by atoms with E-state index in [1.807, 2.05) is 78.9 Å². The van der Waals surface area contributed by atoms with E-state index < -0.39 is 0 Å². The largest absolute Gasteiger partial charge is 0.494 e. The number of aromatic nitrogens is 1. The molecule has 1 aromatic heterocycles. The van der Waals surface area contributed by atoms with Gasteiger partial charge in [0.2, 0.25) is 0 Å². The Morgan fingerprint density at radius 2 is 1.67 bits per heavy atom. The van der Waals surface area contributed by atoms with E-state index in [0.717, 1.165) is 16.5 Å². The highest BCUT2D eigenvalue weighted by atomic mass is 16.5. The molecule has 1 N–H and O–H groups in total. The second-order valence-corrected chi connectivity index (χ2v) is 8.51. The van der Waals surface area contributed by atoms with Crippen LogP contribution in [-0.2, 0) is 0 Å². The van der Waals surface area contributed by atoms with Gasteiger partial charge in [0.1, 0.15) is 17.1 Å². The zero-order chi connectivity index (χ0) is 25.3. The van der Waals surface area contributed by atoms with Crippen molar-refractivity contribution in [1.29, 1.82) is 0 Å². The van der Waals surface area contributed by atoms with E-state index >= 15 is 0 Å². The van der Waals surface area contributed by atoms with Gasteiger partial charge in [0.15, 0.2) is 17.3 Å². The fourth-order valence-corrected chi connectivity index (χ4v) is 3.49. The van der Waals surface area contributed by atoms with Crippen molar-refractivity contribution in [3.05, 3.63) is 90.1 Å². The molecule has 0 amide bonds. The number of fused-ring (bicyclic) bond motifs is 1. The minimum atomic E-state index is 0.421. The Morgan fingerprint density at radius 1 is 0.889 bits per heavy atom. The number of nitrogens with zero attached hydrogens (tertiary/aromatic N) is 3. The van der Waals surface area contributed by atoms with E-state index in [1.54, 1.807) is 20.4 Å². The van der Waals surface area contributed by atoms with Gasteiger partial charge in [0.05, 0.1) is 32.6 Å². The van der Waals surface area contributed by atoms with E-state index in [2.05, 4.69) is 24.4 Å². The first kappa shape index (κ1) is 24.7. The molecule has 0 aliphatic rings. The summed E-state index contributed by atoms with van der Waals surface area (Å²) in [5, 5.41) is 5.50. The van der Waals surface area contributed by atoms with Gasteiger partial charge in [-0.1, -0.05) is 50.2 Å². The molecule has 4 aromatic rings. The molecule has 36 heavy (non-hydrogen) atoms. The topological polar surface area (TPSA) is 77.3 Å². The quantitative estimate of drug-likeness (QED) is 0.180. The number of hydrogen-bond acceptors (Lipinski definition) is 6. The summed E-state index contributed by atoms with van der Waals surface area (Å²) in [7, 11) is 3.25. The fourth-order valence-electron chi connectivity index (χ4n) is 3.49. The molecule has 1 heterocycles. The van der Waals surface area contributed by atoms with Gasteiger partial charge < -0.3 is 14.2 Å². The second kappa shape index (κ2) is 11.8. The van der Waals surface area contributed by atoms with Crippen LogP contribution in [0.3, 0.4) is 0 Å². The average Bonchev–Trinajstić information content (AvgIpc) is 2.91. The average molecular weight is 483 g/mol. The van der Waals surface area contributed by atoms with Crippen LogP contribution in [0.2, 0.25) is 0 Å². The third-order valence-electron chi connectivity index (χ3n) is 5.30. The molecule has 7 heteroatoms. The van der Waals surface area contributed by atoms with Crippen LogP contribution >= 0.6 is 0 Å². The number of methoxy groups -OCH3 is 2. The lowest BCUT2D eigenvalue weighted by Crippen LogP contribution is -2.20. The van der Waals surface area contributed by atoms with Gasteiger partial charge in [-0.25, -0.2) is 9.98 Å². The van der Waals surface area contributed by atoms with Gasteiger partial charge in [-0.15, -0.1) is 0 Å². The second-order valence-electron chi connectivity index (χ2n) is 8.51. The molecule has 0 spiro atoms. The van der Waals surface area contributed by atoms with Gasteiger partial charge in [-0.3, -0.25) is 5.43 Å². The number of hydrogen-bond donors (Lipinski definition) is 1. The first-order valence-corrected chi connectivity index (χ1v) is 11.7. The van der Waals surface area contributed by atoms with E-state index in [4.69, 9.17) is 24.2 Å². The Bertz CT molecular complexity index is 1380. The Balaban J connectivity index is 1.63. The highest BCUT2D eigenvalue weighted by Gasteiger charge is 2.10. The molecular weight excluding hydrogens is 452 g/mol. The van der Waals surface area contributed by atoms with Crippen LogP contribution in [0.1, 0.15) is 25.1 Å². The summed E-state index contributed by atoms with van der Waals surface area (Å²) < 4.78 is 16.8. The molecule has 184 valence electrons. The molecule has 0 saturated heterocycles. The van der Waals surface area contributed by atoms with E-state index in [9.17, 15) is 0 Å². The number of ether oxygens (including phenoxy) is 3. The smallest absolute Gasteiger partial charge is 0.173 e. The highest BCUT2D eigenvalue weighted by molar-refractivity contribution is 6.01. The van der Waals surface area contributed by atoms with E-state index in [0.29, 0.717) is 47.0 Å². The lowest BCUT2D eigenvalue weighted by molar-refractivity contribution is 0.257. The normalized spacial score (nSPS) is 11.8. The van der Waals surface area contributed by atoms with Crippen LogP contribution in [0.4, 0.5) is 5.69 Å². The molecule has 0 fully saturated rings. The summed E-state index contributed by atoms with van der Waals surface area (Å²) in [6.07, 6.45) is 1.70. The third kappa shape index (κ3) is 6.18. The zero-order valence-electron chi connectivity index (χ0n) is 20.9. The number of nitrogens with one attached hydrogen (secondary N) is 1. The third-order valence-corrected chi connectivity index (χ3v) is 5.30. The number of amidine groups is 1. The number of rotatable bonds is 9. The predicted octanol–water partition coefficient (Wildman–Crippen LogP) is 5.99. The van der Waals surface area contributed by atoms with Crippen molar-refractivity contribution in [2.45, 2.75) is 13.8 Å². The van der Waals surface area contributed by atoms with Gasteiger partial charge >= 0.3 is 0 Å². The molecule has 3 aromatic carbocycles. The molecule has 0 saturated carbocycles. The predicted molar refractivity (Wildman–Crippen MR) is 145 cm³/mol. The summed E-state index contributed by atoms with van der Waals surface area (Å²) in [5.74, 6) is 2.92. The Labute approximate surface area is 211 Å². The van der Waals surface area contributed by atoms with Crippen molar-refractivity contribution in [3.63, 3.8) is 0 Å². The van der Waals surface area contributed by atoms with Crippen LogP contribution in [-0.4, -0.2) is 37.9 Å². The molecule has 0 unspecified atom stereocenters.